The molecule has 1 amide bonds. The van der Waals surface area contributed by atoms with Gasteiger partial charge < -0.3 is 0 Å². The summed E-state index contributed by atoms with van der Waals surface area (Å²) in [6.45, 7) is 0. The Morgan fingerprint density at radius 2 is 2.42 bits per heavy atom. The van der Waals surface area contributed by atoms with Gasteiger partial charge in [0.25, 0.3) is 5.91 Å². The van der Waals surface area contributed by atoms with Gasteiger partial charge in [0, 0.05) is 6.26 Å². The summed E-state index contributed by atoms with van der Waals surface area (Å²) in [6.07, 6.45) is 1.48. The van der Waals surface area contributed by atoms with Crippen molar-refractivity contribution in [2.75, 3.05) is 6.26 Å². The number of fused-ring (bicyclic) bond motifs is 1. The monoisotopic (exact) mass is 202 g/mol. The lowest BCUT2D eigenvalue weighted by molar-refractivity contribution is 0.101. The van der Waals surface area contributed by atoms with E-state index in [0.717, 1.165) is 0 Å². The maximum Gasteiger partial charge on any atom is 0.297 e. The fraction of sp³-hybridized carbons (Fsp3) is 0.333. The molecule has 2 rings (SSSR count). The Labute approximate surface area is 73.8 Å². The Hall–Kier alpha value is -0.750. The fourth-order valence-corrected chi connectivity index (χ4v) is 3.12. The summed E-state index contributed by atoms with van der Waals surface area (Å²) in [5.74, 6) is -0.0800. The lowest BCUT2D eigenvalue weighted by Gasteiger charge is -2.07. The molecule has 1 unspecified atom stereocenters. The quantitative estimate of drug-likeness (QED) is 0.628. The Morgan fingerprint density at radius 1 is 1.67 bits per heavy atom. The van der Waals surface area contributed by atoms with Gasteiger partial charge in [0.2, 0.25) is 0 Å². The van der Waals surface area contributed by atoms with Gasteiger partial charge in [-0.1, -0.05) is 0 Å². The lowest BCUT2D eigenvalue weighted by Crippen LogP contribution is -2.13. The van der Waals surface area contributed by atoms with Crippen LogP contribution in [-0.4, -0.2) is 21.4 Å². The molecule has 2 heterocycles. The van der Waals surface area contributed by atoms with Gasteiger partial charge >= 0.3 is 0 Å². The van der Waals surface area contributed by atoms with Crippen LogP contribution in [0.15, 0.2) is 9.87 Å². The number of hydrogen-bond donors (Lipinski definition) is 0. The van der Waals surface area contributed by atoms with E-state index in [1.54, 1.807) is 5.51 Å². The second-order valence-electron chi connectivity index (χ2n) is 2.63. The first-order valence-electron chi connectivity index (χ1n) is 3.25. The molecule has 0 aromatic carbocycles. The number of thiazole rings is 1. The predicted molar refractivity (Wildman–Crippen MR) is 46.6 cm³/mol. The summed E-state index contributed by atoms with van der Waals surface area (Å²) in [6, 6.07) is 0. The molecule has 0 bridgehead atoms. The number of carbonyl (C=O) groups excluding carboxylic acids is 1. The Morgan fingerprint density at radius 3 is 3.17 bits per heavy atom. The van der Waals surface area contributed by atoms with Gasteiger partial charge in [-0.05, 0) is 0 Å². The molecule has 1 atom stereocenters. The minimum Gasteiger partial charge on any atom is -0.265 e. The van der Waals surface area contributed by atoms with E-state index < -0.39 is 9.73 Å². The third kappa shape index (κ3) is 1.16. The largest absolute Gasteiger partial charge is 0.297 e. The second kappa shape index (κ2) is 2.37. The van der Waals surface area contributed by atoms with Crippen LogP contribution in [-0.2, 0) is 15.5 Å². The van der Waals surface area contributed by atoms with E-state index in [0.29, 0.717) is 16.3 Å². The SMILES string of the molecule is CS1(=O)=NC(=O)c2scnc2C1. The van der Waals surface area contributed by atoms with Crippen molar-refractivity contribution in [1.82, 2.24) is 4.98 Å². The summed E-state index contributed by atoms with van der Waals surface area (Å²) in [7, 11) is -2.35. The average Bonchev–Trinajstić information content (AvgIpc) is 2.31. The highest BCUT2D eigenvalue weighted by atomic mass is 32.2. The molecule has 64 valence electrons. The van der Waals surface area contributed by atoms with Gasteiger partial charge in [0.1, 0.15) is 4.88 Å². The van der Waals surface area contributed by atoms with Crippen LogP contribution in [0.3, 0.4) is 0 Å². The number of amides is 1. The number of rotatable bonds is 0. The smallest absolute Gasteiger partial charge is 0.265 e. The molecular formula is C6H6N2O2S2. The molecule has 0 saturated carbocycles. The number of carbonyl (C=O) groups is 1. The van der Waals surface area contributed by atoms with Crippen LogP contribution in [0.1, 0.15) is 15.4 Å². The molecule has 0 spiro atoms. The van der Waals surface area contributed by atoms with Crippen molar-refractivity contribution in [3.05, 3.63) is 16.1 Å². The number of aromatic nitrogens is 1. The van der Waals surface area contributed by atoms with Crippen LogP contribution in [0, 0.1) is 0 Å². The minimum atomic E-state index is -2.35. The summed E-state index contributed by atoms with van der Waals surface area (Å²) in [5, 5.41) is 0. The lowest BCUT2D eigenvalue weighted by atomic mass is 10.4. The van der Waals surface area contributed by atoms with E-state index in [-0.39, 0.29) is 5.91 Å². The number of hydrogen-bond acceptors (Lipinski definition) is 4. The van der Waals surface area contributed by atoms with Gasteiger partial charge in [-0.25, -0.2) is 9.19 Å². The highest BCUT2D eigenvalue weighted by Gasteiger charge is 2.23. The van der Waals surface area contributed by atoms with Crippen LogP contribution in [0.2, 0.25) is 0 Å². The molecule has 1 aliphatic rings. The molecule has 0 aliphatic carbocycles. The van der Waals surface area contributed by atoms with Crippen molar-refractivity contribution in [2.24, 2.45) is 4.36 Å². The van der Waals surface area contributed by atoms with Crippen LogP contribution < -0.4 is 0 Å². The molecule has 0 fully saturated rings. The Bertz CT molecular complexity index is 454. The van der Waals surface area contributed by atoms with Crippen molar-refractivity contribution in [3.63, 3.8) is 0 Å². The van der Waals surface area contributed by atoms with Crippen molar-refractivity contribution in [2.45, 2.75) is 5.75 Å². The Kier molecular flexibility index (Phi) is 1.55. The third-order valence-corrected chi connectivity index (χ3v) is 3.73. The van der Waals surface area contributed by atoms with E-state index in [1.165, 1.54) is 17.6 Å². The highest BCUT2D eigenvalue weighted by Crippen LogP contribution is 2.22. The molecule has 1 aromatic rings. The maximum atomic E-state index is 11.5. The summed E-state index contributed by atoms with van der Waals surface area (Å²) in [4.78, 5) is 15.7. The van der Waals surface area contributed by atoms with Crippen LogP contribution in [0.4, 0.5) is 0 Å². The van der Waals surface area contributed by atoms with Gasteiger partial charge in [0.05, 0.1) is 26.7 Å². The molecule has 0 radical (unpaired) electrons. The molecule has 0 N–H and O–H groups in total. The van der Waals surface area contributed by atoms with Gasteiger partial charge in [-0.15, -0.1) is 11.3 Å². The van der Waals surface area contributed by atoms with Crippen LogP contribution >= 0.6 is 11.3 Å². The zero-order valence-corrected chi connectivity index (χ0v) is 7.94. The maximum absolute atomic E-state index is 11.5. The molecule has 1 aromatic heterocycles. The highest BCUT2D eigenvalue weighted by molar-refractivity contribution is 7.92. The zero-order valence-electron chi connectivity index (χ0n) is 6.31. The molecule has 6 heteroatoms. The van der Waals surface area contributed by atoms with Gasteiger partial charge in [-0.3, -0.25) is 4.79 Å². The Balaban J connectivity index is 2.65. The van der Waals surface area contributed by atoms with E-state index in [1.807, 2.05) is 0 Å². The van der Waals surface area contributed by atoms with E-state index in [2.05, 4.69) is 9.35 Å². The number of nitrogens with zero attached hydrogens (tertiary/aromatic N) is 2. The van der Waals surface area contributed by atoms with Crippen molar-refractivity contribution in [1.29, 1.82) is 0 Å². The second-order valence-corrected chi connectivity index (χ2v) is 5.87. The fourth-order valence-electron chi connectivity index (χ4n) is 1.05. The third-order valence-electron chi connectivity index (χ3n) is 1.52. The van der Waals surface area contributed by atoms with Gasteiger partial charge in [0.15, 0.2) is 0 Å². The van der Waals surface area contributed by atoms with Gasteiger partial charge in [-0.2, -0.15) is 4.36 Å². The molecule has 1 aliphatic heterocycles. The first-order valence-corrected chi connectivity index (χ1v) is 6.22. The van der Waals surface area contributed by atoms with Crippen LogP contribution in [0.25, 0.3) is 0 Å². The molecule has 0 saturated heterocycles. The molecule has 4 nitrogen and oxygen atoms in total. The summed E-state index contributed by atoms with van der Waals surface area (Å²) < 4.78 is 15.0. The standard InChI is InChI=1S/C6H6N2O2S2/c1-12(10)2-4-5(6(9)8-12)11-3-7-4/h3H,2H2,1H3. The molecule has 12 heavy (non-hydrogen) atoms. The first-order chi connectivity index (χ1) is 5.58. The van der Waals surface area contributed by atoms with E-state index in [4.69, 9.17) is 0 Å². The zero-order chi connectivity index (χ0) is 8.77. The minimum absolute atomic E-state index is 0.303. The summed E-state index contributed by atoms with van der Waals surface area (Å²) >= 11 is 1.25. The first kappa shape index (κ1) is 7.88. The predicted octanol–water partition coefficient (Wildman–Crippen LogP) is 0.895. The average molecular weight is 202 g/mol. The normalized spacial score (nSPS) is 27.9. The van der Waals surface area contributed by atoms with E-state index >= 15 is 0 Å². The molecular weight excluding hydrogens is 196 g/mol. The summed E-state index contributed by atoms with van der Waals surface area (Å²) in [5.41, 5.74) is 2.21. The van der Waals surface area contributed by atoms with Crippen LogP contribution in [0.5, 0.6) is 0 Å². The van der Waals surface area contributed by atoms with Crippen molar-refractivity contribution < 1.29 is 9.00 Å². The topological polar surface area (TPSA) is 59.4 Å². The van der Waals surface area contributed by atoms with E-state index in [9.17, 15) is 9.00 Å². The van der Waals surface area contributed by atoms with Crippen molar-refractivity contribution >= 4 is 27.0 Å². The van der Waals surface area contributed by atoms with Crippen molar-refractivity contribution in [3.8, 4) is 0 Å².